The summed E-state index contributed by atoms with van der Waals surface area (Å²) in [6.07, 6.45) is 1.60. The lowest BCUT2D eigenvalue weighted by Crippen LogP contribution is -2.55. The summed E-state index contributed by atoms with van der Waals surface area (Å²) >= 11 is 0. The quantitative estimate of drug-likeness (QED) is 0.791. The molecule has 2 N–H and O–H groups in total. The van der Waals surface area contributed by atoms with Crippen molar-refractivity contribution in [3.63, 3.8) is 0 Å². The third-order valence-corrected chi connectivity index (χ3v) is 3.16. The molecule has 0 atom stereocenters. The second-order valence-corrected chi connectivity index (χ2v) is 4.90. The number of rotatable bonds is 3. The van der Waals surface area contributed by atoms with Gasteiger partial charge >= 0.3 is 11.8 Å². The highest BCUT2D eigenvalue weighted by Gasteiger charge is 2.33. The summed E-state index contributed by atoms with van der Waals surface area (Å²) in [5, 5.41) is 0. The minimum absolute atomic E-state index is 0.0455. The van der Waals surface area contributed by atoms with Crippen molar-refractivity contribution >= 4 is 17.5 Å². The molecular weight excluding hydrogens is 244 g/mol. The molecule has 0 saturated carbocycles. The molecule has 1 aliphatic heterocycles. The molecule has 19 heavy (non-hydrogen) atoms. The minimum atomic E-state index is -0.468. The predicted molar refractivity (Wildman–Crippen MR) is 70.9 cm³/mol. The first-order valence-corrected chi connectivity index (χ1v) is 6.29. The molecule has 0 bridgehead atoms. The molecule has 1 aromatic rings. The molecule has 102 valence electrons. The van der Waals surface area contributed by atoms with Crippen LogP contribution >= 0.6 is 0 Å². The number of anilines is 1. The van der Waals surface area contributed by atoms with Crippen LogP contribution in [0.4, 0.5) is 5.69 Å². The van der Waals surface area contributed by atoms with Gasteiger partial charge in [0.15, 0.2) is 0 Å². The molecule has 1 aliphatic rings. The first kappa shape index (κ1) is 13.3. The van der Waals surface area contributed by atoms with Crippen LogP contribution in [0.2, 0.25) is 0 Å². The first-order chi connectivity index (χ1) is 8.99. The van der Waals surface area contributed by atoms with Crippen LogP contribution in [0.3, 0.4) is 0 Å². The number of amides is 2. The fourth-order valence-electron chi connectivity index (χ4n) is 2.11. The number of nitrogen functional groups attached to an aromatic ring is 1. The Hall–Kier alpha value is -2.11. The highest BCUT2D eigenvalue weighted by Crippen LogP contribution is 2.12. The van der Waals surface area contributed by atoms with Gasteiger partial charge in [-0.3, -0.25) is 14.6 Å². The Morgan fingerprint density at radius 1 is 1.32 bits per heavy atom. The Balaban J connectivity index is 2.07. The van der Waals surface area contributed by atoms with Crippen LogP contribution < -0.4 is 5.73 Å². The molecule has 2 amide bonds. The van der Waals surface area contributed by atoms with Crippen molar-refractivity contribution in [3.8, 4) is 0 Å². The lowest BCUT2D eigenvalue weighted by atomic mass is 10.2. The van der Waals surface area contributed by atoms with E-state index < -0.39 is 11.8 Å². The number of pyridine rings is 1. The smallest absolute Gasteiger partial charge is 0.312 e. The van der Waals surface area contributed by atoms with Gasteiger partial charge in [0.1, 0.15) is 0 Å². The van der Waals surface area contributed by atoms with Gasteiger partial charge in [-0.25, -0.2) is 0 Å². The Kier molecular flexibility index (Phi) is 3.69. The molecule has 2 heterocycles. The summed E-state index contributed by atoms with van der Waals surface area (Å²) in [6.45, 7) is 5.21. The van der Waals surface area contributed by atoms with Crippen molar-refractivity contribution in [2.75, 3.05) is 18.8 Å². The number of carbonyl (C=O) groups excluding carboxylic acids is 2. The SMILES string of the molecule is CC(C)N1CCN(Cc2cc(N)ccn2)C(=O)C1=O. The maximum atomic E-state index is 12.0. The minimum Gasteiger partial charge on any atom is -0.399 e. The van der Waals surface area contributed by atoms with Crippen molar-refractivity contribution < 1.29 is 9.59 Å². The average molecular weight is 262 g/mol. The molecule has 6 nitrogen and oxygen atoms in total. The van der Waals surface area contributed by atoms with Crippen LogP contribution in [-0.4, -0.2) is 45.7 Å². The fourth-order valence-corrected chi connectivity index (χ4v) is 2.11. The van der Waals surface area contributed by atoms with Gasteiger partial charge in [-0.1, -0.05) is 0 Å². The molecule has 0 radical (unpaired) electrons. The molecular formula is C13H18N4O2. The van der Waals surface area contributed by atoms with Gasteiger partial charge in [-0.15, -0.1) is 0 Å². The summed E-state index contributed by atoms with van der Waals surface area (Å²) in [5.74, 6) is -0.908. The van der Waals surface area contributed by atoms with Gasteiger partial charge in [-0.05, 0) is 26.0 Å². The molecule has 1 aromatic heterocycles. The monoisotopic (exact) mass is 262 g/mol. The normalized spacial score (nSPS) is 16.4. The highest BCUT2D eigenvalue weighted by molar-refractivity contribution is 6.35. The van der Waals surface area contributed by atoms with E-state index >= 15 is 0 Å². The third kappa shape index (κ3) is 2.83. The predicted octanol–water partition coefficient (Wildman–Crippen LogP) is 0.243. The summed E-state index contributed by atoms with van der Waals surface area (Å²) in [5.41, 5.74) is 6.96. The molecule has 1 saturated heterocycles. The lowest BCUT2D eigenvalue weighted by Gasteiger charge is -2.35. The van der Waals surface area contributed by atoms with Gasteiger partial charge < -0.3 is 15.5 Å². The molecule has 0 aliphatic carbocycles. The number of nitrogens with zero attached hydrogens (tertiary/aromatic N) is 3. The second-order valence-electron chi connectivity index (χ2n) is 4.90. The topological polar surface area (TPSA) is 79.5 Å². The van der Waals surface area contributed by atoms with E-state index in [0.717, 1.165) is 0 Å². The van der Waals surface area contributed by atoms with Crippen LogP contribution in [0.15, 0.2) is 18.3 Å². The molecule has 0 aromatic carbocycles. The Morgan fingerprint density at radius 2 is 2.05 bits per heavy atom. The number of hydrogen-bond donors (Lipinski definition) is 1. The third-order valence-electron chi connectivity index (χ3n) is 3.16. The fraction of sp³-hybridized carbons (Fsp3) is 0.462. The van der Waals surface area contributed by atoms with Crippen LogP contribution in [0.5, 0.6) is 0 Å². The Morgan fingerprint density at radius 3 is 2.68 bits per heavy atom. The molecule has 6 heteroatoms. The van der Waals surface area contributed by atoms with Gasteiger partial charge in [0.25, 0.3) is 0 Å². The van der Waals surface area contributed by atoms with Crippen molar-refractivity contribution in [1.29, 1.82) is 0 Å². The standard InChI is InChI=1S/C13H18N4O2/c1-9(2)17-6-5-16(12(18)13(17)19)8-11-7-10(14)3-4-15-11/h3-4,7,9H,5-6,8H2,1-2H3,(H2,14,15). The molecule has 1 fully saturated rings. The number of piperazine rings is 1. The van der Waals surface area contributed by atoms with Crippen molar-refractivity contribution in [3.05, 3.63) is 24.0 Å². The van der Waals surface area contributed by atoms with Crippen LogP contribution in [0.25, 0.3) is 0 Å². The van der Waals surface area contributed by atoms with Crippen LogP contribution in [0, 0.1) is 0 Å². The van der Waals surface area contributed by atoms with E-state index in [1.54, 1.807) is 23.2 Å². The van der Waals surface area contributed by atoms with Gasteiger partial charge in [0.2, 0.25) is 0 Å². The van der Waals surface area contributed by atoms with E-state index in [4.69, 9.17) is 5.73 Å². The largest absolute Gasteiger partial charge is 0.399 e. The van der Waals surface area contributed by atoms with E-state index in [-0.39, 0.29) is 6.04 Å². The number of aromatic nitrogens is 1. The summed E-state index contributed by atoms with van der Waals surface area (Å²) < 4.78 is 0. The van der Waals surface area contributed by atoms with Crippen molar-refractivity contribution in [1.82, 2.24) is 14.8 Å². The van der Waals surface area contributed by atoms with E-state index in [1.165, 1.54) is 4.90 Å². The molecule has 0 spiro atoms. The second kappa shape index (κ2) is 5.26. The highest BCUT2D eigenvalue weighted by atomic mass is 16.2. The van der Waals surface area contributed by atoms with Crippen LogP contribution in [-0.2, 0) is 16.1 Å². The summed E-state index contributed by atoms with van der Waals surface area (Å²) in [6, 6.07) is 3.45. The van der Waals surface area contributed by atoms with Crippen LogP contribution in [0.1, 0.15) is 19.5 Å². The van der Waals surface area contributed by atoms with E-state index in [1.807, 2.05) is 13.8 Å². The zero-order chi connectivity index (χ0) is 14.0. The zero-order valence-electron chi connectivity index (χ0n) is 11.2. The van der Waals surface area contributed by atoms with Gasteiger partial charge in [-0.2, -0.15) is 0 Å². The van der Waals surface area contributed by atoms with Crippen molar-refractivity contribution in [2.45, 2.75) is 26.4 Å². The van der Waals surface area contributed by atoms with E-state index in [0.29, 0.717) is 31.0 Å². The van der Waals surface area contributed by atoms with Crippen molar-refractivity contribution in [2.24, 2.45) is 0 Å². The maximum Gasteiger partial charge on any atom is 0.312 e. The number of nitrogens with two attached hydrogens (primary N) is 1. The zero-order valence-corrected chi connectivity index (χ0v) is 11.2. The maximum absolute atomic E-state index is 12.0. The van der Waals surface area contributed by atoms with Gasteiger partial charge in [0, 0.05) is 31.0 Å². The average Bonchev–Trinajstić information content (AvgIpc) is 2.35. The summed E-state index contributed by atoms with van der Waals surface area (Å²) in [4.78, 5) is 31.2. The summed E-state index contributed by atoms with van der Waals surface area (Å²) in [7, 11) is 0. The molecule has 2 rings (SSSR count). The van der Waals surface area contributed by atoms with E-state index in [9.17, 15) is 9.59 Å². The van der Waals surface area contributed by atoms with Gasteiger partial charge in [0.05, 0.1) is 12.2 Å². The van der Waals surface area contributed by atoms with E-state index in [2.05, 4.69) is 4.98 Å². The Labute approximate surface area is 112 Å². The Bertz CT molecular complexity index is 501. The number of carbonyl (C=O) groups is 2. The lowest BCUT2D eigenvalue weighted by molar-refractivity contribution is -0.157. The molecule has 0 unspecified atom stereocenters. The first-order valence-electron chi connectivity index (χ1n) is 6.29. The number of hydrogen-bond acceptors (Lipinski definition) is 4.